The molecule has 0 aromatic heterocycles. The zero-order valence-corrected chi connectivity index (χ0v) is 20.1. The Morgan fingerprint density at radius 3 is 2.67 bits per heavy atom. The number of hydrogen-bond acceptors (Lipinski definition) is 7. The van der Waals surface area contributed by atoms with Crippen molar-refractivity contribution in [3.05, 3.63) is 24.0 Å². The predicted octanol–water partition coefficient (Wildman–Crippen LogP) is 2.92. The van der Waals surface area contributed by atoms with E-state index in [-0.39, 0.29) is 31.2 Å². The second kappa shape index (κ2) is 10.7. The second-order valence-corrected chi connectivity index (χ2v) is 9.64. The number of benzene rings is 1. The third-order valence-electron chi connectivity index (χ3n) is 5.68. The molecule has 1 aromatic rings. The summed E-state index contributed by atoms with van der Waals surface area (Å²) in [5.74, 6) is -1.60. The first-order valence-electron chi connectivity index (χ1n) is 11.0. The maximum absolute atomic E-state index is 14.9. The summed E-state index contributed by atoms with van der Waals surface area (Å²) >= 11 is 0. The highest BCUT2D eigenvalue weighted by molar-refractivity contribution is 6.01. The number of anilines is 2. The molecule has 2 aliphatic rings. The Balaban J connectivity index is 0.00000385. The Bertz CT molecular complexity index is 891. The number of esters is 1. The minimum atomic E-state index is -1.18. The van der Waals surface area contributed by atoms with Crippen molar-refractivity contribution in [2.45, 2.75) is 76.5 Å². The summed E-state index contributed by atoms with van der Waals surface area (Å²) in [6.45, 7) is 6.30. The van der Waals surface area contributed by atoms with Crippen LogP contribution in [0.4, 0.5) is 15.8 Å². The molecule has 8 nitrogen and oxygen atoms in total. The molecule has 10 heteroatoms. The number of hydrogen-bond donors (Lipinski definition) is 3. The number of halogens is 2. The first-order valence-corrected chi connectivity index (χ1v) is 11.0. The van der Waals surface area contributed by atoms with Gasteiger partial charge in [-0.3, -0.25) is 19.7 Å². The number of ether oxygens (including phenoxy) is 1. The molecule has 184 valence electrons. The van der Waals surface area contributed by atoms with Crippen LogP contribution in [0.1, 0.15) is 59.3 Å². The average molecular weight is 486 g/mol. The van der Waals surface area contributed by atoms with Gasteiger partial charge in [0.15, 0.2) is 0 Å². The number of carbonyl (C=O) groups is 3. The predicted molar refractivity (Wildman–Crippen MR) is 125 cm³/mol. The molecular formula is C23H33ClFN3O5. The summed E-state index contributed by atoms with van der Waals surface area (Å²) in [4.78, 5) is 37.2. The van der Waals surface area contributed by atoms with Crippen molar-refractivity contribution < 1.29 is 28.6 Å². The van der Waals surface area contributed by atoms with Crippen molar-refractivity contribution in [2.75, 3.05) is 23.3 Å². The molecule has 3 rings (SSSR count). The molecule has 2 atom stereocenters. The monoisotopic (exact) mass is 485 g/mol. The first-order chi connectivity index (χ1) is 14.9. The van der Waals surface area contributed by atoms with E-state index in [1.807, 2.05) is 4.90 Å². The lowest BCUT2D eigenvalue weighted by Crippen LogP contribution is -2.47. The van der Waals surface area contributed by atoms with Crippen LogP contribution in [0.25, 0.3) is 0 Å². The van der Waals surface area contributed by atoms with E-state index < -0.39 is 34.9 Å². The van der Waals surface area contributed by atoms with Gasteiger partial charge < -0.3 is 20.1 Å². The fourth-order valence-corrected chi connectivity index (χ4v) is 4.13. The van der Waals surface area contributed by atoms with Gasteiger partial charge in [-0.1, -0.05) is 0 Å². The summed E-state index contributed by atoms with van der Waals surface area (Å²) in [5.41, 5.74) is -0.935. The van der Waals surface area contributed by atoms with Gasteiger partial charge in [-0.15, -0.1) is 12.4 Å². The number of piperidine rings is 1. The topological polar surface area (TPSA) is 108 Å². The smallest absolute Gasteiger partial charge is 0.309 e. The SMILES string of the molecule is CC(C)(C)OC(=O)CC1(O)CCCN(c2ccc(NC3CCC(=O)NC3=O)cc2F)CC1.Cl. The summed E-state index contributed by atoms with van der Waals surface area (Å²) in [5, 5.41) is 16.2. The van der Waals surface area contributed by atoms with E-state index >= 15 is 0 Å². The number of aliphatic hydroxyl groups is 1. The van der Waals surface area contributed by atoms with Gasteiger partial charge in [0.25, 0.3) is 0 Å². The highest BCUT2D eigenvalue weighted by Crippen LogP contribution is 2.31. The Labute approximate surface area is 199 Å². The lowest BCUT2D eigenvalue weighted by molar-refractivity contribution is -0.160. The number of nitrogens with zero attached hydrogens (tertiary/aromatic N) is 1. The van der Waals surface area contributed by atoms with E-state index in [1.165, 1.54) is 6.07 Å². The Hall–Kier alpha value is -2.39. The molecule has 0 bridgehead atoms. The molecule has 0 radical (unpaired) electrons. The van der Waals surface area contributed by atoms with E-state index in [1.54, 1.807) is 32.9 Å². The van der Waals surface area contributed by atoms with Crippen LogP contribution in [-0.2, 0) is 19.1 Å². The minimum absolute atomic E-state index is 0. The average Bonchev–Trinajstić information content (AvgIpc) is 2.84. The van der Waals surface area contributed by atoms with E-state index in [2.05, 4.69) is 10.6 Å². The van der Waals surface area contributed by atoms with Gasteiger partial charge in [0, 0.05) is 25.2 Å². The summed E-state index contributed by atoms with van der Waals surface area (Å²) < 4.78 is 20.2. The highest BCUT2D eigenvalue weighted by Gasteiger charge is 2.35. The van der Waals surface area contributed by atoms with Gasteiger partial charge in [0.1, 0.15) is 17.5 Å². The largest absolute Gasteiger partial charge is 0.460 e. The maximum Gasteiger partial charge on any atom is 0.309 e. The quantitative estimate of drug-likeness (QED) is 0.434. The van der Waals surface area contributed by atoms with Crippen molar-refractivity contribution in [1.82, 2.24) is 5.32 Å². The summed E-state index contributed by atoms with van der Waals surface area (Å²) in [6.07, 6.45) is 1.87. The summed E-state index contributed by atoms with van der Waals surface area (Å²) in [6, 6.07) is 4.08. The van der Waals surface area contributed by atoms with Crippen LogP contribution >= 0.6 is 12.4 Å². The zero-order valence-electron chi connectivity index (χ0n) is 19.3. The van der Waals surface area contributed by atoms with Crippen LogP contribution in [0.5, 0.6) is 0 Å². The molecule has 33 heavy (non-hydrogen) atoms. The molecule has 1 aromatic carbocycles. The van der Waals surface area contributed by atoms with E-state index in [4.69, 9.17) is 4.74 Å². The number of carbonyl (C=O) groups excluding carboxylic acids is 3. The fraction of sp³-hybridized carbons (Fsp3) is 0.609. The zero-order chi connectivity index (χ0) is 23.5. The number of amides is 2. The van der Waals surface area contributed by atoms with Crippen LogP contribution in [0.3, 0.4) is 0 Å². The molecule has 0 saturated carbocycles. The van der Waals surface area contributed by atoms with Crippen LogP contribution in [0, 0.1) is 5.82 Å². The van der Waals surface area contributed by atoms with E-state index in [9.17, 15) is 23.9 Å². The van der Waals surface area contributed by atoms with Crippen LogP contribution in [0.15, 0.2) is 18.2 Å². The Morgan fingerprint density at radius 2 is 2.03 bits per heavy atom. The van der Waals surface area contributed by atoms with E-state index in [0.717, 1.165) is 0 Å². The Morgan fingerprint density at radius 1 is 1.30 bits per heavy atom. The standard InChI is InChI=1S/C23H32FN3O5.ClH/c1-22(2,3)32-20(29)14-23(31)9-4-11-27(12-10-23)18-7-5-15(13-16(18)24)25-17-6-8-19(28)26-21(17)30;/h5,7,13,17,25,31H,4,6,8-12,14H2,1-3H3,(H,26,28,30);1H. The van der Waals surface area contributed by atoms with E-state index in [0.29, 0.717) is 50.1 Å². The molecule has 0 spiro atoms. The van der Waals surface area contributed by atoms with Gasteiger partial charge in [-0.2, -0.15) is 0 Å². The molecule has 2 aliphatic heterocycles. The Kier molecular flexibility index (Phi) is 8.70. The van der Waals surface area contributed by atoms with Gasteiger partial charge in [0.2, 0.25) is 11.8 Å². The normalized spacial score (nSPS) is 23.8. The van der Waals surface area contributed by atoms with Gasteiger partial charge in [-0.25, -0.2) is 4.39 Å². The highest BCUT2D eigenvalue weighted by atomic mass is 35.5. The number of imide groups is 1. The molecular weight excluding hydrogens is 453 g/mol. The van der Waals surface area contributed by atoms with Crippen molar-refractivity contribution in [2.24, 2.45) is 0 Å². The third kappa shape index (κ3) is 7.57. The molecule has 2 heterocycles. The van der Waals surface area contributed by atoms with Crippen molar-refractivity contribution in [1.29, 1.82) is 0 Å². The molecule has 2 fully saturated rings. The lowest BCUT2D eigenvalue weighted by Gasteiger charge is -2.28. The number of nitrogens with one attached hydrogen (secondary N) is 2. The molecule has 2 amide bonds. The summed E-state index contributed by atoms with van der Waals surface area (Å²) in [7, 11) is 0. The third-order valence-corrected chi connectivity index (χ3v) is 5.68. The van der Waals surface area contributed by atoms with Crippen LogP contribution < -0.4 is 15.5 Å². The molecule has 2 unspecified atom stereocenters. The molecule has 3 N–H and O–H groups in total. The van der Waals surface area contributed by atoms with Crippen molar-refractivity contribution in [3.8, 4) is 0 Å². The van der Waals surface area contributed by atoms with Gasteiger partial charge >= 0.3 is 5.97 Å². The second-order valence-electron chi connectivity index (χ2n) is 9.64. The molecule has 0 aliphatic carbocycles. The minimum Gasteiger partial charge on any atom is -0.460 e. The van der Waals surface area contributed by atoms with Crippen molar-refractivity contribution >= 4 is 41.6 Å². The first kappa shape index (κ1) is 26.9. The lowest BCUT2D eigenvalue weighted by atomic mass is 9.91. The van der Waals surface area contributed by atoms with Crippen LogP contribution in [-0.4, -0.2) is 53.2 Å². The van der Waals surface area contributed by atoms with Gasteiger partial charge in [0.05, 0.1) is 17.7 Å². The number of rotatable bonds is 5. The van der Waals surface area contributed by atoms with Crippen LogP contribution in [0.2, 0.25) is 0 Å². The molecule has 2 saturated heterocycles. The van der Waals surface area contributed by atoms with Crippen molar-refractivity contribution in [3.63, 3.8) is 0 Å². The maximum atomic E-state index is 14.9. The van der Waals surface area contributed by atoms with Gasteiger partial charge in [-0.05, 0) is 64.7 Å². The fourth-order valence-electron chi connectivity index (χ4n) is 4.13.